The van der Waals surface area contributed by atoms with Gasteiger partial charge in [-0.2, -0.15) is 5.10 Å². The summed E-state index contributed by atoms with van der Waals surface area (Å²) in [6.07, 6.45) is 5.55. The molecule has 0 amide bonds. The monoisotopic (exact) mass is 390 g/mol. The van der Waals surface area contributed by atoms with E-state index in [-0.39, 0.29) is 11.7 Å². The Labute approximate surface area is 168 Å². The van der Waals surface area contributed by atoms with Crippen molar-refractivity contribution in [1.82, 2.24) is 30.3 Å². The number of hydrogen-bond acceptors (Lipinski definition) is 4. The number of benzene rings is 1. The Morgan fingerprint density at radius 1 is 1.24 bits per heavy atom. The molecule has 0 spiro atoms. The van der Waals surface area contributed by atoms with Crippen LogP contribution in [0, 0.1) is 12.8 Å². The van der Waals surface area contributed by atoms with Crippen molar-refractivity contribution in [2.45, 2.75) is 39.8 Å². The van der Waals surface area contributed by atoms with E-state index < -0.39 is 5.54 Å². The average Bonchev–Trinajstić information content (AvgIpc) is 3.24. The smallest absolute Gasteiger partial charge is 0.158 e. The summed E-state index contributed by atoms with van der Waals surface area (Å²) >= 11 is 0. The topological polar surface area (TPSA) is 71.4 Å². The molecule has 1 unspecified atom stereocenters. The number of rotatable bonds is 1. The fraction of sp³-hybridized carbons (Fsp3) is 0.318. The van der Waals surface area contributed by atoms with Crippen molar-refractivity contribution in [3.8, 4) is 0 Å². The van der Waals surface area contributed by atoms with Crippen molar-refractivity contribution in [2.24, 2.45) is 5.92 Å². The van der Waals surface area contributed by atoms with Gasteiger partial charge in [0, 0.05) is 11.9 Å². The van der Waals surface area contributed by atoms with E-state index in [0.717, 1.165) is 39.3 Å². The lowest BCUT2D eigenvalue weighted by molar-refractivity contribution is 0.406. The second-order valence-corrected chi connectivity index (χ2v) is 8.35. The number of fused-ring (bicyclic) bond motifs is 2. The third kappa shape index (κ3) is 2.72. The van der Waals surface area contributed by atoms with Crippen LogP contribution < -0.4 is 5.32 Å². The number of aromatic nitrogens is 5. The summed E-state index contributed by atoms with van der Waals surface area (Å²) in [6, 6.07) is 5.95. The molecule has 29 heavy (non-hydrogen) atoms. The normalized spacial score (nSPS) is 20.9. The molecule has 2 aliphatic rings. The number of allylic oxidation sites excluding steroid dienone is 5. The van der Waals surface area contributed by atoms with Crippen LogP contribution in [0.3, 0.4) is 0 Å². The number of aromatic amines is 1. The zero-order chi connectivity index (χ0) is 20.3. The van der Waals surface area contributed by atoms with Crippen molar-refractivity contribution in [1.29, 1.82) is 0 Å². The van der Waals surface area contributed by atoms with Gasteiger partial charge in [-0.1, -0.05) is 25.1 Å². The molecule has 2 aromatic heterocycles. The average molecular weight is 390 g/mol. The molecule has 1 aliphatic carbocycles. The number of H-pyrrole nitrogens is 1. The van der Waals surface area contributed by atoms with Crippen molar-refractivity contribution in [2.75, 3.05) is 0 Å². The van der Waals surface area contributed by atoms with E-state index in [4.69, 9.17) is 0 Å². The minimum absolute atomic E-state index is 0.0303. The molecule has 3 heterocycles. The SMILES string of the molecule is Cc1nnc2n1CC1=C(NC2(C)C)C(F)=CC(c2cccc3[nH]ncc23)=CC1C. The molecule has 6 nitrogen and oxygen atoms in total. The Balaban J connectivity index is 1.66. The van der Waals surface area contributed by atoms with Gasteiger partial charge in [-0.3, -0.25) is 5.10 Å². The predicted octanol–water partition coefficient (Wildman–Crippen LogP) is 4.14. The highest BCUT2D eigenvalue weighted by molar-refractivity contribution is 5.94. The molecule has 3 aromatic rings. The number of halogens is 1. The van der Waals surface area contributed by atoms with Gasteiger partial charge in [0.1, 0.15) is 11.7 Å². The van der Waals surface area contributed by atoms with Crippen LogP contribution in [0.1, 0.15) is 38.0 Å². The molecule has 1 atom stereocenters. The maximum absolute atomic E-state index is 15.6. The van der Waals surface area contributed by atoms with Gasteiger partial charge in [0.05, 0.1) is 22.9 Å². The Bertz CT molecular complexity index is 1220. The van der Waals surface area contributed by atoms with Crippen molar-refractivity contribution in [3.63, 3.8) is 0 Å². The van der Waals surface area contributed by atoms with E-state index in [0.29, 0.717) is 12.2 Å². The Morgan fingerprint density at radius 3 is 2.90 bits per heavy atom. The molecule has 0 radical (unpaired) electrons. The van der Waals surface area contributed by atoms with Crippen LogP contribution >= 0.6 is 0 Å². The lowest BCUT2D eigenvalue weighted by Gasteiger charge is -2.26. The second-order valence-electron chi connectivity index (χ2n) is 8.35. The third-order valence-electron chi connectivity index (χ3n) is 5.88. The van der Waals surface area contributed by atoms with Crippen LogP contribution in [-0.4, -0.2) is 25.0 Å². The van der Waals surface area contributed by atoms with Crippen LogP contribution in [-0.2, 0) is 12.1 Å². The highest BCUT2D eigenvalue weighted by Crippen LogP contribution is 2.38. The van der Waals surface area contributed by atoms with E-state index in [2.05, 4.69) is 43.3 Å². The molecule has 0 bridgehead atoms. The highest BCUT2D eigenvalue weighted by Gasteiger charge is 2.35. The summed E-state index contributed by atoms with van der Waals surface area (Å²) in [5.41, 5.74) is 3.76. The van der Waals surface area contributed by atoms with Gasteiger partial charge in [-0.15, -0.1) is 10.2 Å². The minimum atomic E-state index is -0.543. The fourth-order valence-corrected chi connectivity index (χ4v) is 4.33. The maximum atomic E-state index is 15.6. The Hall–Kier alpha value is -3.22. The zero-order valence-corrected chi connectivity index (χ0v) is 16.9. The summed E-state index contributed by atoms with van der Waals surface area (Å²) in [7, 11) is 0. The Kier molecular flexibility index (Phi) is 3.78. The van der Waals surface area contributed by atoms with Crippen molar-refractivity contribution in [3.05, 3.63) is 70.9 Å². The van der Waals surface area contributed by atoms with Crippen LogP contribution in [0.2, 0.25) is 0 Å². The van der Waals surface area contributed by atoms with E-state index in [1.807, 2.05) is 39.0 Å². The number of nitrogens with zero attached hydrogens (tertiary/aromatic N) is 4. The summed E-state index contributed by atoms with van der Waals surface area (Å²) in [5, 5.41) is 20.1. The number of nitrogens with one attached hydrogen (secondary N) is 2. The third-order valence-corrected chi connectivity index (χ3v) is 5.88. The zero-order valence-electron chi connectivity index (χ0n) is 16.9. The summed E-state index contributed by atoms with van der Waals surface area (Å²) in [6.45, 7) is 8.61. The molecule has 0 saturated carbocycles. The number of hydrogen-bond donors (Lipinski definition) is 2. The lowest BCUT2D eigenvalue weighted by Crippen LogP contribution is -2.37. The summed E-state index contributed by atoms with van der Waals surface area (Å²) < 4.78 is 17.7. The second kappa shape index (κ2) is 6.14. The number of aryl methyl sites for hydroxylation is 1. The minimum Gasteiger partial charge on any atom is -0.371 e. The first-order valence-electron chi connectivity index (χ1n) is 9.78. The van der Waals surface area contributed by atoms with E-state index in [1.54, 1.807) is 12.3 Å². The van der Waals surface area contributed by atoms with E-state index in [9.17, 15) is 0 Å². The van der Waals surface area contributed by atoms with Gasteiger partial charge in [0.15, 0.2) is 5.82 Å². The molecule has 7 heteroatoms. The first kappa shape index (κ1) is 17.8. The van der Waals surface area contributed by atoms with Gasteiger partial charge in [0.25, 0.3) is 0 Å². The van der Waals surface area contributed by atoms with E-state index in [1.165, 1.54) is 0 Å². The molecule has 2 N–H and O–H groups in total. The van der Waals surface area contributed by atoms with Gasteiger partial charge in [-0.25, -0.2) is 4.39 Å². The summed E-state index contributed by atoms with van der Waals surface area (Å²) in [5.74, 6) is 1.41. The van der Waals surface area contributed by atoms with Crippen molar-refractivity contribution >= 4 is 16.5 Å². The molecule has 1 aliphatic heterocycles. The maximum Gasteiger partial charge on any atom is 0.158 e. The van der Waals surface area contributed by atoms with Gasteiger partial charge < -0.3 is 9.88 Å². The highest BCUT2D eigenvalue weighted by atomic mass is 19.1. The predicted molar refractivity (Wildman–Crippen MR) is 110 cm³/mol. The van der Waals surface area contributed by atoms with Crippen LogP contribution in [0.25, 0.3) is 16.5 Å². The van der Waals surface area contributed by atoms with Gasteiger partial charge >= 0.3 is 0 Å². The first-order chi connectivity index (χ1) is 13.8. The molecule has 148 valence electrons. The standard InChI is InChI=1S/C22H23FN6/c1-12-8-14(15-6-5-7-19-16(15)10-24-27-19)9-18(23)20-17(12)11-29-13(2)26-28-21(29)22(3,4)25-20/h5-10,12,25H,11H2,1-4H3,(H,24,27). The molecule has 0 fully saturated rings. The summed E-state index contributed by atoms with van der Waals surface area (Å²) in [4.78, 5) is 0. The van der Waals surface area contributed by atoms with Crippen LogP contribution in [0.15, 0.2) is 53.6 Å². The van der Waals surface area contributed by atoms with Crippen molar-refractivity contribution < 1.29 is 4.39 Å². The van der Waals surface area contributed by atoms with Gasteiger partial charge in [0.2, 0.25) is 0 Å². The van der Waals surface area contributed by atoms with Crippen LogP contribution in [0.5, 0.6) is 0 Å². The first-order valence-corrected chi connectivity index (χ1v) is 9.78. The van der Waals surface area contributed by atoms with Gasteiger partial charge in [-0.05, 0) is 55.5 Å². The molecular weight excluding hydrogens is 367 g/mol. The quantitative estimate of drug-likeness (QED) is 0.655. The fourth-order valence-electron chi connectivity index (χ4n) is 4.33. The lowest BCUT2D eigenvalue weighted by atomic mass is 9.95. The van der Waals surface area contributed by atoms with E-state index >= 15 is 4.39 Å². The molecule has 0 saturated heterocycles. The molecular formula is C22H23FN6. The molecule has 5 rings (SSSR count). The largest absolute Gasteiger partial charge is 0.371 e. The molecule has 1 aromatic carbocycles. The Morgan fingerprint density at radius 2 is 2.07 bits per heavy atom. The van der Waals surface area contributed by atoms with Crippen LogP contribution in [0.4, 0.5) is 4.39 Å².